The zero-order valence-corrected chi connectivity index (χ0v) is 15.6. The third kappa shape index (κ3) is 2.46. The van der Waals surface area contributed by atoms with Gasteiger partial charge in [0.25, 0.3) is 0 Å². The van der Waals surface area contributed by atoms with E-state index >= 15 is 0 Å². The van der Waals surface area contributed by atoms with Gasteiger partial charge in [0, 0.05) is 38.1 Å². The summed E-state index contributed by atoms with van der Waals surface area (Å²) in [5.41, 5.74) is 0.622. The molecule has 25 heavy (non-hydrogen) atoms. The molecular formula is C20H29N3O2. The number of nitrogens with zero attached hydrogens (tertiary/aromatic N) is 3. The summed E-state index contributed by atoms with van der Waals surface area (Å²) in [6.07, 6.45) is 10.1. The van der Waals surface area contributed by atoms with Crippen LogP contribution in [-0.2, 0) is 9.59 Å². The zero-order chi connectivity index (χ0) is 17.8. The molecule has 0 bridgehead atoms. The third-order valence-corrected chi connectivity index (χ3v) is 7.03. The largest absolute Gasteiger partial charge is 0.342 e. The minimum absolute atomic E-state index is 0.0339. The smallest absolute Gasteiger partial charge is 0.240 e. The highest BCUT2D eigenvalue weighted by Crippen LogP contribution is 2.53. The van der Waals surface area contributed by atoms with Crippen molar-refractivity contribution in [2.24, 2.45) is 22.4 Å². The lowest BCUT2D eigenvalue weighted by molar-refractivity contribution is -0.141. The molecule has 0 aromatic carbocycles. The van der Waals surface area contributed by atoms with E-state index in [4.69, 9.17) is 0 Å². The van der Waals surface area contributed by atoms with Gasteiger partial charge in [-0.15, -0.1) is 0 Å². The van der Waals surface area contributed by atoms with Gasteiger partial charge in [-0.3, -0.25) is 9.59 Å². The predicted octanol–water partition coefficient (Wildman–Crippen LogP) is 2.97. The minimum Gasteiger partial charge on any atom is -0.342 e. The number of amides is 2. The topological polar surface area (TPSA) is 53.0 Å². The van der Waals surface area contributed by atoms with Crippen LogP contribution in [0, 0.1) is 17.3 Å². The van der Waals surface area contributed by atoms with Crippen molar-refractivity contribution >= 4 is 17.5 Å². The summed E-state index contributed by atoms with van der Waals surface area (Å²) in [6, 6.07) is 0. The van der Waals surface area contributed by atoms with Gasteiger partial charge in [0.15, 0.2) is 0 Å². The number of fused-ring (bicyclic) bond motifs is 2. The maximum Gasteiger partial charge on any atom is 0.240 e. The maximum absolute atomic E-state index is 13.2. The first-order valence-electron chi connectivity index (χ1n) is 9.65. The van der Waals surface area contributed by atoms with Crippen LogP contribution in [0.1, 0.15) is 59.3 Å². The molecule has 2 fully saturated rings. The first kappa shape index (κ1) is 16.8. The van der Waals surface area contributed by atoms with Crippen LogP contribution in [0.2, 0.25) is 0 Å². The van der Waals surface area contributed by atoms with Crippen LogP contribution in [0.15, 0.2) is 17.3 Å². The van der Waals surface area contributed by atoms with E-state index in [2.05, 4.69) is 29.1 Å². The molecule has 1 spiro atoms. The molecule has 2 aliphatic carbocycles. The molecule has 2 aliphatic heterocycles. The Balaban J connectivity index is 1.55. The first-order chi connectivity index (χ1) is 11.9. The van der Waals surface area contributed by atoms with Gasteiger partial charge >= 0.3 is 0 Å². The molecule has 0 aromatic rings. The summed E-state index contributed by atoms with van der Waals surface area (Å²) >= 11 is 0. The molecule has 1 saturated heterocycles. The molecule has 4 atom stereocenters. The van der Waals surface area contributed by atoms with Crippen molar-refractivity contribution in [2.45, 2.75) is 64.8 Å². The van der Waals surface area contributed by atoms with E-state index in [1.807, 2.05) is 6.92 Å². The van der Waals surface area contributed by atoms with Crippen LogP contribution >= 0.6 is 0 Å². The SMILES string of the molecule is CC(=O)N1N=C(C)CC12CCC1CN(C(=O)C3(C)CC=CCC3)CC12. The Morgan fingerprint density at radius 3 is 2.72 bits per heavy atom. The lowest BCUT2D eigenvalue weighted by Gasteiger charge is -2.38. The second-order valence-corrected chi connectivity index (χ2v) is 8.84. The number of carbonyl (C=O) groups is 2. The molecule has 5 nitrogen and oxygen atoms in total. The Bertz CT molecular complexity index is 670. The van der Waals surface area contributed by atoms with Crippen molar-refractivity contribution in [3.05, 3.63) is 12.2 Å². The molecule has 2 amide bonds. The Morgan fingerprint density at radius 1 is 1.24 bits per heavy atom. The number of hydrazone groups is 1. The fraction of sp³-hybridized carbons (Fsp3) is 0.750. The summed E-state index contributed by atoms with van der Waals surface area (Å²) in [7, 11) is 0. The summed E-state index contributed by atoms with van der Waals surface area (Å²) in [5, 5.41) is 6.30. The van der Waals surface area contributed by atoms with E-state index in [9.17, 15) is 9.59 Å². The van der Waals surface area contributed by atoms with Gasteiger partial charge in [-0.25, -0.2) is 5.01 Å². The highest BCUT2D eigenvalue weighted by Gasteiger charge is 2.59. The lowest BCUT2D eigenvalue weighted by atomic mass is 9.77. The van der Waals surface area contributed by atoms with Crippen molar-refractivity contribution in [1.82, 2.24) is 9.91 Å². The second-order valence-electron chi connectivity index (χ2n) is 8.84. The molecule has 2 heterocycles. The predicted molar refractivity (Wildman–Crippen MR) is 96.9 cm³/mol. The average Bonchev–Trinajstić information content (AvgIpc) is 3.23. The minimum atomic E-state index is -0.247. The van der Waals surface area contributed by atoms with Crippen LogP contribution in [0.5, 0.6) is 0 Å². The number of likely N-dealkylation sites (tertiary alicyclic amines) is 1. The van der Waals surface area contributed by atoms with E-state index in [1.54, 1.807) is 11.9 Å². The van der Waals surface area contributed by atoms with E-state index < -0.39 is 0 Å². The maximum atomic E-state index is 13.2. The first-order valence-corrected chi connectivity index (χ1v) is 9.65. The van der Waals surface area contributed by atoms with Gasteiger partial charge in [0.05, 0.1) is 11.0 Å². The number of hydrogen-bond acceptors (Lipinski definition) is 3. The highest BCUT2D eigenvalue weighted by atomic mass is 16.2. The molecule has 1 saturated carbocycles. The number of rotatable bonds is 1. The molecular weight excluding hydrogens is 314 g/mol. The van der Waals surface area contributed by atoms with Crippen LogP contribution in [0.3, 0.4) is 0 Å². The average molecular weight is 343 g/mol. The number of allylic oxidation sites excluding steroid dienone is 2. The Kier molecular flexibility index (Phi) is 3.82. The van der Waals surface area contributed by atoms with Gasteiger partial charge in [0.1, 0.15) is 0 Å². The van der Waals surface area contributed by atoms with Crippen LogP contribution < -0.4 is 0 Å². The summed E-state index contributed by atoms with van der Waals surface area (Å²) < 4.78 is 0. The van der Waals surface area contributed by atoms with E-state index in [0.29, 0.717) is 17.7 Å². The molecule has 0 N–H and O–H groups in total. The van der Waals surface area contributed by atoms with Crippen LogP contribution in [0.4, 0.5) is 0 Å². The van der Waals surface area contributed by atoms with Crippen molar-refractivity contribution in [1.29, 1.82) is 0 Å². The normalized spacial score (nSPS) is 39.9. The van der Waals surface area contributed by atoms with Crippen LogP contribution in [0.25, 0.3) is 0 Å². The molecule has 136 valence electrons. The third-order valence-electron chi connectivity index (χ3n) is 7.03. The Morgan fingerprint density at radius 2 is 2.04 bits per heavy atom. The number of carbonyl (C=O) groups excluding carboxylic acids is 2. The van der Waals surface area contributed by atoms with Gasteiger partial charge in [-0.1, -0.05) is 19.1 Å². The molecule has 4 rings (SSSR count). The quantitative estimate of drug-likeness (QED) is 0.687. The van der Waals surface area contributed by atoms with Gasteiger partial charge in [-0.2, -0.15) is 5.10 Å². The van der Waals surface area contributed by atoms with Crippen molar-refractivity contribution < 1.29 is 9.59 Å². The molecule has 4 unspecified atom stereocenters. The van der Waals surface area contributed by atoms with Gasteiger partial charge < -0.3 is 4.90 Å². The summed E-state index contributed by atoms with van der Waals surface area (Å²) in [4.78, 5) is 27.5. The van der Waals surface area contributed by atoms with E-state index in [0.717, 1.165) is 57.3 Å². The van der Waals surface area contributed by atoms with E-state index in [1.165, 1.54) is 0 Å². The fourth-order valence-electron chi connectivity index (χ4n) is 5.79. The standard InChI is InChI=1S/C20H29N3O2/c1-14-11-20(23(21-14)15(2)24)10-7-16-12-22(13-17(16)20)18(25)19(3)8-5-4-6-9-19/h4-5,16-17H,6-13H2,1-3H3. The van der Waals surface area contributed by atoms with Crippen LogP contribution in [-0.4, -0.2) is 46.1 Å². The second kappa shape index (κ2) is 5.68. The Hall–Kier alpha value is -1.65. The lowest BCUT2D eigenvalue weighted by Crippen LogP contribution is -2.50. The molecule has 0 radical (unpaired) electrons. The summed E-state index contributed by atoms with van der Waals surface area (Å²) in [6.45, 7) is 7.40. The van der Waals surface area contributed by atoms with Crippen molar-refractivity contribution in [2.75, 3.05) is 13.1 Å². The van der Waals surface area contributed by atoms with Crippen molar-refractivity contribution in [3.63, 3.8) is 0 Å². The fourth-order valence-corrected chi connectivity index (χ4v) is 5.79. The number of hydrogen-bond donors (Lipinski definition) is 0. The van der Waals surface area contributed by atoms with E-state index in [-0.39, 0.29) is 16.9 Å². The molecule has 5 heteroatoms. The Labute approximate surface area is 150 Å². The monoisotopic (exact) mass is 343 g/mol. The molecule has 0 aromatic heterocycles. The molecule has 4 aliphatic rings. The van der Waals surface area contributed by atoms with Gasteiger partial charge in [0.2, 0.25) is 11.8 Å². The highest BCUT2D eigenvalue weighted by molar-refractivity contribution is 5.89. The van der Waals surface area contributed by atoms with Gasteiger partial charge in [-0.05, 0) is 44.9 Å². The zero-order valence-electron chi connectivity index (χ0n) is 15.6. The summed E-state index contributed by atoms with van der Waals surface area (Å²) in [5.74, 6) is 1.22. The van der Waals surface area contributed by atoms with Crippen molar-refractivity contribution in [3.8, 4) is 0 Å².